The van der Waals surface area contributed by atoms with Gasteiger partial charge in [-0.05, 0) is 42.7 Å². The summed E-state index contributed by atoms with van der Waals surface area (Å²) in [6.07, 6.45) is 3.57. The molecule has 0 N–H and O–H groups in total. The first-order valence-electron chi connectivity index (χ1n) is 7.92. The van der Waals surface area contributed by atoms with Crippen molar-refractivity contribution in [2.45, 2.75) is 12.8 Å². The molecule has 0 atom stereocenters. The Kier molecular flexibility index (Phi) is 4.89. The standard InChI is InChI=1S/C19H19FN2O2/c1-24-18-9-3-8-17(21-18)14-6-4-11-22(12-10-14)19(23)15-5-2-7-16(20)13-15/h2-3,5-9,13H,4,10-12H2,1H3. The summed E-state index contributed by atoms with van der Waals surface area (Å²) in [7, 11) is 1.59. The molecule has 0 unspecified atom stereocenters. The van der Waals surface area contributed by atoms with Crippen LogP contribution in [0.1, 0.15) is 28.9 Å². The quantitative estimate of drug-likeness (QED) is 0.866. The summed E-state index contributed by atoms with van der Waals surface area (Å²) in [6, 6.07) is 11.5. The zero-order valence-electron chi connectivity index (χ0n) is 13.5. The van der Waals surface area contributed by atoms with Gasteiger partial charge in [-0.25, -0.2) is 9.37 Å². The molecule has 1 amide bonds. The number of aromatic nitrogens is 1. The molecule has 124 valence electrons. The number of carbonyl (C=O) groups is 1. The van der Waals surface area contributed by atoms with Crippen molar-refractivity contribution in [3.05, 3.63) is 65.6 Å². The van der Waals surface area contributed by atoms with E-state index in [-0.39, 0.29) is 5.91 Å². The first-order valence-corrected chi connectivity index (χ1v) is 7.92. The Bertz CT molecular complexity index is 773. The summed E-state index contributed by atoms with van der Waals surface area (Å²) >= 11 is 0. The van der Waals surface area contributed by atoms with Gasteiger partial charge < -0.3 is 9.64 Å². The summed E-state index contributed by atoms with van der Waals surface area (Å²) in [4.78, 5) is 18.8. The summed E-state index contributed by atoms with van der Waals surface area (Å²) in [5.41, 5.74) is 2.36. The van der Waals surface area contributed by atoms with E-state index in [0.29, 0.717) is 31.0 Å². The Morgan fingerprint density at radius 3 is 2.83 bits per heavy atom. The highest BCUT2D eigenvalue weighted by molar-refractivity contribution is 5.94. The van der Waals surface area contributed by atoms with Gasteiger partial charge >= 0.3 is 0 Å². The Labute approximate surface area is 140 Å². The lowest BCUT2D eigenvalue weighted by Gasteiger charge is -2.20. The van der Waals surface area contributed by atoms with E-state index in [1.54, 1.807) is 30.2 Å². The van der Waals surface area contributed by atoms with Crippen LogP contribution in [0.4, 0.5) is 4.39 Å². The minimum atomic E-state index is -0.393. The third-order valence-electron chi connectivity index (χ3n) is 4.06. The first-order chi connectivity index (χ1) is 11.7. The highest BCUT2D eigenvalue weighted by atomic mass is 19.1. The SMILES string of the molecule is COc1cccc(C2=CCCN(C(=O)c3cccc(F)c3)CC2)n1. The Morgan fingerprint density at radius 1 is 1.21 bits per heavy atom. The van der Waals surface area contributed by atoms with Gasteiger partial charge in [0.2, 0.25) is 5.88 Å². The molecule has 2 heterocycles. The van der Waals surface area contributed by atoms with E-state index in [4.69, 9.17) is 4.74 Å². The minimum absolute atomic E-state index is 0.136. The van der Waals surface area contributed by atoms with Crippen LogP contribution in [0.25, 0.3) is 5.57 Å². The van der Waals surface area contributed by atoms with E-state index in [0.717, 1.165) is 17.7 Å². The molecule has 0 spiro atoms. The van der Waals surface area contributed by atoms with E-state index < -0.39 is 5.82 Å². The number of ether oxygens (including phenoxy) is 1. The topological polar surface area (TPSA) is 42.4 Å². The fraction of sp³-hybridized carbons (Fsp3) is 0.263. The fourth-order valence-corrected chi connectivity index (χ4v) is 2.81. The average molecular weight is 326 g/mol. The molecular weight excluding hydrogens is 307 g/mol. The van der Waals surface area contributed by atoms with Gasteiger partial charge in [-0.1, -0.05) is 18.2 Å². The summed E-state index contributed by atoms with van der Waals surface area (Å²) in [6.45, 7) is 1.20. The largest absolute Gasteiger partial charge is 0.481 e. The van der Waals surface area contributed by atoms with Crippen molar-refractivity contribution < 1.29 is 13.9 Å². The molecule has 0 radical (unpaired) electrons. The zero-order valence-corrected chi connectivity index (χ0v) is 13.5. The van der Waals surface area contributed by atoms with Crippen molar-refractivity contribution in [1.29, 1.82) is 0 Å². The number of carbonyl (C=O) groups excluding carboxylic acids is 1. The van der Waals surface area contributed by atoms with Crippen molar-refractivity contribution in [1.82, 2.24) is 9.88 Å². The summed E-state index contributed by atoms with van der Waals surface area (Å²) in [5.74, 6) is 0.0446. The van der Waals surface area contributed by atoms with Crippen LogP contribution in [0.15, 0.2) is 48.5 Å². The van der Waals surface area contributed by atoms with E-state index in [2.05, 4.69) is 11.1 Å². The number of nitrogens with zero attached hydrogens (tertiary/aromatic N) is 2. The van der Waals surface area contributed by atoms with Gasteiger partial charge in [0.15, 0.2) is 0 Å². The predicted octanol–water partition coefficient (Wildman–Crippen LogP) is 3.55. The van der Waals surface area contributed by atoms with Crippen molar-refractivity contribution in [3.63, 3.8) is 0 Å². The van der Waals surface area contributed by atoms with Gasteiger partial charge in [-0.3, -0.25) is 4.79 Å². The van der Waals surface area contributed by atoms with E-state index >= 15 is 0 Å². The summed E-state index contributed by atoms with van der Waals surface area (Å²) in [5, 5.41) is 0. The van der Waals surface area contributed by atoms with Crippen LogP contribution in [0.3, 0.4) is 0 Å². The number of benzene rings is 1. The highest BCUT2D eigenvalue weighted by Gasteiger charge is 2.19. The first kappa shape index (κ1) is 16.2. The van der Waals surface area contributed by atoms with Gasteiger partial charge in [-0.15, -0.1) is 0 Å². The number of pyridine rings is 1. The third-order valence-corrected chi connectivity index (χ3v) is 4.06. The number of rotatable bonds is 3. The average Bonchev–Trinajstić information content (AvgIpc) is 2.87. The van der Waals surface area contributed by atoms with Crippen molar-refractivity contribution in [3.8, 4) is 5.88 Å². The number of hydrogen-bond acceptors (Lipinski definition) is 3. The van der Waals surface area contributed by atoms with Gasteiger partial charge in [-0.2, -0.15) is 0 Å². The second kappa shape index (κ2) is 7.25. The second-order valence-electron chi connectivity index (χ2n) is 5.64. The Hall–Kier alpha value is -2.69. The van der Waals surface area contributed by atoms with Gasteiger partial charge in [0.1, 0.15) is 5.82 Å². The summed E-state index contributed by atoms with van der Waals surface area (Å²) < 4.78 is 18.5. The molecular formula is C19H19FN2O2. The van der Waals surface area contributed by atoms with Crippen molar-refractivity contribution in [2.75, 3.05) is 20.2 Å². The number of methoxy groups -OCH3 is 1. The molecule has 24 heavy (non-hydrogen) atoms. The zero-order chi connectivity index (χ0) is 16.9. The molecule has 0 fully saturated rings. The maximum absolute atomic E-state index is 13.3. The third kappa shape index (κ3) is 3.62. The second-order valence-corrected chi connectivity index (χ2v) is 5.64. The molecule has 2 aromatic rings. The maximum atomic E-state index is 13.3. The molecule has 1 aliphatic rings. The number of hydrogen-bond donors (Lipinski definition) is 0. The molecule has 3 rings (SSSR count). The van der Waals surface area contributed by atoms with Gasteiger partial charge in [0.05, 0.1) is 12.8 Å². The Balaban J connectivity index is 1.72. The van der Waals surface area contributed by atoms with Crippen molar-refractivity contribution >= 4 is 11.5 Å². The fourth-order valence-electron chi connectivity index (χ4n) is 2.81. The molecule has 5 heteroatoms. The molecule has 1 aromatic heterocycles. The predicted molar refractivity (Wildman–Crippen MR) is 90.3 cm³/mol. The van der Waals surface area contributed by atoms with Crippen LogP contribution in [0.5, 0.6) is 5.88 Å². The molecule has 0 aliphatic carbocycles. The lowest BCUT2D eigenvalue weighted by molar-refractivity contribution is 0.0764. The molecule has 0 saturated heterocycles. The monoisotopic (exact) mass is 326 g/mol. The van der Waals surface area contributed by atoms with Gasteiger partial charge in [0, 0.05) is 24.7 Å². The van der Waals surface area contributed by atoms with Crippen LogP contribution >= 0.6 is 0 Å². The van der Waals surface area contributed by atoms with E-state index in [9.17, 15) is 9.18 Å². The molecule has 4 nitrogen and oxygen atoms in total. The van der Waals surface area contributed by atoms with Gasteiger partial charge in [0.25, 0.3) is 5.91 Å². The van der Waals surface area contributed by atoms with Crippen molar-refractivity contribution in [2.24, 2.45) is 0 Å². The molecule has 1 aliphatic heterocycles. The number of amides is 1. The molecule has 0 bridgehead atoms. The van der Waals surface area contributed by atoms with Crippen LogP contribution in [0.2, 0.25) is 0 Å². The van der Waals surface area contributed by atoms with Crippen LogP contribution < -0.4 is 4.74 Å². The van der Waals surface area contributed by atoms with E-state index in [1.807, 2.05) is 12.1 Å². The highest BCUT2D eigenvalue weighted by Crippen LogP contribution is 2.23. The maximum Gasteiger partial charge on any atom is 0.253 e. The lowest BCUT2D eigenvalue weighted by Crippen LogP contribution is -2.32. The minimum Gasteiger partial charge on any atom is -0.481 e. The smallest absolute Gasteiger partial charge is 0.253 e. The lowest BCUT2D eigenvalue weighted by atomic mass is 10.1. The Morgan fingerprint density at radius 2 is 2.04 bits per heavy atom. The number of halogens is 1. The normalized spacial score (nSPS) is 14.8. The molecule has 1 aromatic carbocycles. The van der Waals surface area contributed by atoms with E-state index in [1.165, 1.54) is 12.1 Å². The van der Waals surface area contributed by atoms with Crippen LogP contribution in [-0.4, -0.2) is 36.0 Å². The van der Waals surface area contributed by atoms with Crippen LogP contribution in [0, 0.1) is 5.82 Å². The molecule has 0 saturated carbocycles. The van der Waals surface area contributed by atoms with Crippen LogP contribution in [-0.2, 0) is 0 Å².